The van der Waals surface area contributed by atoms with Crippen molar-refractivity contribution in [2.75, 3.05) is 12.0 Å². The SMILES string of the molecule is COc1ccc2nc(N(Cc3cccnc3)C(=O)Cc3ccc(C(C)C)cc3)sc2c1. The van der Waals surface area contributed by atoms with Gasteiger partial charge >= 0.3 is 0 Å². The van der Waals surface area contributed by atoms with Crippen molar-refractivity contribution in [3.8, 4) is 5.75 Å². The number of pyridine rings is 1. The molecule has 2 aromatic heterocycles. The zero-order chi connectivity index (χ0) is 21.8. The fourth-order valence-electron chi connectivity index (χ4n) is 3.36. The molecule has 0 fully saturated rings. The molecule has 0 radical (unpaired) electrons. The fraction of sp³-hybridized carbons (Fsp3) is 0.240. The number of nitrogens with zero attached hydrogens (tertiary/aromatic N) is 3. The first kappa shape index (κ1) is 21.0. The maximum Gasteiger partial charge on any atom is 0.233 e. The molecule has 2 heterocycles. The maximum absolute atomic E-state index is 13.4. The van der Waals surface area contributed by atoms with E-state index in [0.29, 0.717) is 24.0 Å². The van der Waals surface area contributed by atoms with Gasteiger partial charge in [0.05, 0.1) is 30.3 Å². The highest BCUT2D eigenvalue weighted by Crippen LogP contribution is 2.32. The summed E-state index contributed by atoms with van der Waals surface area (Å²) in [6, 6.07) is 17.9. The molecular weight excluding hydrogens is 406 g/mol. The van der Waals surface area contributed by atoms with Crippen LogP contribution in [0.25, 0.3) is 10.2 Å². The van der Waals surface area contributed by atoms with Crippen LogP contribution in [0.1, 0.15) is 36.5 Å². The first-order valence-corrected chi connectivity index (χ1v) is 11.1. The van der Waals surface area contributed by atoms with Gasteiger partial charge in [0.2, 0.25) is 5.91 Å². The minimum atomic E-state index is 0.00664. The number of rotatable bonds is 7. The zero-order valence-corrected chi connectivity index (χ0v) is 18.7. The van der Waals surface area contributed by atoms with E-state index in [-0.39, 0.29) is 5.91 Å². The minimum absolute atomic E-state index is 0.00664. The number of methoxy groups -OCH3 is 1. The van der Waals surface area contributed by atoms with E-state index in [2.05, 4.69) is 31.0 Å². The average molecular weight is 432 g/mol. The lowest BCUT2D eigenvalue weighted by molar-refractivity contribution is -0.118. The topological polar surface area (TPSA) is 55.3 Å². The summed E-state index contributed by atoms with van der Waals surface area (Å²) in [5.41, 5.74) is 4.07. The van der Waals surface area contributed by atoms with Crippen LogP contribution in [0, 0.1) is 0 Å². The highest BCUT2D eigenvalue weighted by Gasteiger charge is 2.21. The largest absolute Gasteiger partial charge is 0.497 e. The van der Waals surface area contributed by atoms with Gasteiger partial charge in [-0.2, -0.15) is 0 Å². The molecule has 5 nitrogen and oxygen atoms in total. The number of carbonyl (C=O) groups is 1. The predicted molar refractivity (Wildman–Crippen MR) is 126 cm³/mol. The number of benzene rings is 2. The minimum Gasteiger partial charge on any atom is -0.497 e. The Kier molecular flexibility index (Phi) is 6.28. The second kappa shape index (κ2) is 9.27. The molecule has 0 aliphatic heterocycles. The smallest absolute Gasteiger partial charge is 0.233 e. The van der Waals surface area contributed by atoms with Crippen LogP contribution in [-0.4, -0.2) is 23.0 Å². The van der Waals surface area contributed by atoms with Gasteiger partial charge in [0.25, 0.3) is 0 Å². The van der Waals surface area contributed by atoms with Gasteiger partial charge in [-0.3, -0.25) is 14.7 Å². The van der Waals surface area contributed by atoms with Crippen LogP contribution in [0.3, 0.4) is 0 Å². The van der Waals surface area contributed by atoms with E-state index in [1.165, 1.54) is 16.9 Å². The van der Waals surface area contributed by atoms with Crippen LogP contribution >= 0.6 is 11.3 Å². The summed E-state index contributed by atoms with van der Waals surface area (Å²) < 4.78 is 6.32. The van der Waals surface area contributed by atoms with E-state index in [4.69, 9.17) is 9.72 Å². The lowest BCUT2D eigenvalue weighted by Crippen LogP contribution is -2.31. The van der Waals surface area contributed by atoms with Gasteiger partial charge in [-0.15, -0.1) is 0 Å². The molecule has 2 aromatic carbocycles. The number of hydrogen-bond acceptors (Lipinski definition) is 5. The Bertz CT molecular complexity index is 1170. The van der Waals surface area contributed by atoms with Crippen molar-refractivity contribution in [1.82, 2.24) is 9.97 Å². The van der Waals surface area contributed by atoms with Crippen molar-refractivity contribution in [1.29, 1.82) is 0 Å². The van der Waals surface area contributed by atoms with Gasteiger partial charge < -0.3 is 4.74 Å². The third kappa shape index (κ3) is 4.91. The van der Waals surface area contributed by atoms with E-state index in [0.717, 1.165) is 27.1 Å². The van der Waals surface area contributed by atoms with Gasteiger partial charge in [0, 0.05) is 12.4 Å². The van der Waals surface area contributed by atoms with Crippen LogP contribution in [0.2, 0.25) is 0 Å². The molecule has 0 spiro atoms. The number of ether oxygens (including phenoxy) is 1. The van der Waals surface area contributed by atoms with Gasteiger partial charge in [-0.1, -0.05) is 55.5 Å². The number of fused-ring (bicyclic) bond motifs is 1. The molecule has 6 heteroatoms. The standard InChI is InChI=1S/C25H25N3O2S/c1-17(2)20-8-6-18(7-9-20)13-24(29)28(16-19-5-4-12-26-15-19)25-27-22-11-10-21(30-3)14-23(22)31-25/h4-12,14-15,17H,13,16H2,1-3H3. The van der Waals surface area contributed by atoms with E-state index >= 15 is 0 Å². The van der Waals surface area contributed by atoms with E-state index in [1.807, 2.05) is 42.5 Å². The Morgan fingerprint density at radius 2 is 1.90 bits per heavy atom. The Hall–Kier alpha value is -3.25. The van der Waals surface area contributed by atoms with Gasteiger partial charge in [-0.05, 0) is 46.9 Å². The molecule has 4 aromatic rings. The third-order valence-corrected chi connectivity index (χ3v) is 6.22. The summed E-state index contributed by atoms with van der Waals surface area (Å²) in [7, 11) is 1.64. The Labute approximate surface area is 186 Å². The predicted octanol–water partition coefficient (Wildman–Crippen LogP) is 5.60. The molecule has 0 N–H and O–H groups in total. The number of carbonyl (C=O) groups excluding carboxylic acids is 1. The molecule has 31 heavy (non-hydrogen) atoms. The van der Waals surface area contributed by atoms with Crippen LogP contribution < -0.4 is 9.64 Å². The molecule has 0 saturated heterocycles. The fourth-order valence-corrected chi connectivity index (χ4v) is 4.37. The van der Waals surface area contributed by atoms with Crippen LogP contribution in [0.5, 0.6) is 5.75 Å². The first-order valence-electron chi connectivity index (χ1n) is 10.3. The number of aromatic nitrogens is 2. The van der Waals surface area contributed by atoms with Crippen molar-refractivity contribution in [2.45, 2.75) is 32.7 Å². The molecule has 0 bridgehead atoms. The highest BCUT2D eigenvalue weighted by molar-refractivity contribution is 7.22. The molecule has 158 valence electrons. The summed E-state index contributed by atoms with van der Waals surface area (Å²) in [6.45, 7) is 4.75. The highest BCUT2D eigenvalue weighted by atomic mass is 32.1. The summed E-state index contributed by atoms with van der Waals surface area (Å²) in [5.74, 6) is 1.25. The van der Waals surface area contributed by atoms with E-state index in [9.17, 15) is 4.79 Å². The Morgan fingerprint density at radius 3 is 2.58 bits per heavy atom. The normalized spacial score (nSPS) is 11.1. The van der Waals surface area contributed by atoms with Gasteiger partial charge in [-0.25, -0.2) is 4.98 Å². The molecule has 0 aliphatic rings. The van der Waals surface area contributed by atoms with Gasteiger partial charge in [0.1, 0.15) is 5.75 Å². The zero-order valence-electron chi connectivity index (χ0n) is 17.9. The second-order valence-corrected chi connectivity index (χ2v) is 8.75. The Morgan fingerprint density at radius 1 is 1.10 bits per heavy atom. The van der Waals surface area contributed by atoms with Crippen molar-refractivity contribution in [2.24, 2.45) is 0 Å². The molecule has 0 atom stereocenters. The molecular formula is C25H25N3O2S. The van der Waals surface area contributed by atoms with Crippen molar-refractivity contribution in [3.05, 3.63) is 83.7 Å². The Balaban J connectivity index is 1.64. The summed E-state index contributed by atoms with van der Waals surface area (Å²) in [6.07, 6.45) is 3.84. The maximum atomic E-state index is 13.4. The van der Waals surface area contributed by atoms with Crippen LogP contribution in [0.4, 0.5) is 5.13 Å². The number of anilines is 1. The van der Waals surface area contributed by atoms with E-state index < -0.39 is 0 Å². The summed E-state index contributed by atoms with van der Waals surface area (Å²) >= 11 is 1.49. The molecule has 0 unspecified atom stereocenters. The lowest BCUT2D eigenvalue weighted by Gasteiger charge is -2.20. The molecule has 0 aliphatic carbocycles. The first-order chi connectivity index (χ1) is 15.0. The van der Waals surface area contributed by atoms with Crippen molar-refractivity contribution < 1.29 is 9.53 Å². The van der Waals surface area contributed by atoms with E-state index in [1.54, 1.807) is 24.4 Å². The van der Waals surface area contributed by atoms with Gasteiger partial charge in [0.15, 0.2) is 5.13 Å². The second-order valence-electron chi connectivity index (χ2n) is 7.74. The van der Waals surface area contributed by atoms with Crippen LogP contribution in [0.15, 0.2) is 67.0 Å². The number of amides is 1. The monoisotopic (exact) mass is 431 g/mol. The number of hydrogen-bond donors (Lipinski definition) is 0. The quantitative estimate of drug-likeness (QED) is 0.382. The third-order valence-electron chi connectivity index (χ3n) is 5.18. The molecule has 4 rings (SSSR count). The summed E-state index contributed by atoms with van der Waals surface area (Å²) in [5, 5.41) is 0.677. The lowest BCUT2D eigenvalue weighted by atomic mass is 10.0. The summed E-state index contributed by atoms with van der Waals surface area (Å²) in [4.78, 5) is 24.1. The van der Waals surface area contributed by atoms with Crippen LogP contribution in [-0.2, 0) is 17.8 Å². The average Bonchev–Trinajstić information content (AvgIpc) is 3.21. The molecule has 1 amide bonds. The van der Waals surface area contributed by atoms with Crippen molar-refractivity contribution >= 4 is 32.6 Å². The molecule has 0 saturated carbocycles. The number of thiazole rings is 1. The van der Waals surface area contributed by atoms with Crippen molar-refractivity contribution in [3.63, 3.8) is 0 Å².